The molecule has 0 radical (unpaired) electrons. The van der Waals surface area contributed by atoms with Gasteiger partial charge in [-0.25, -0.2) is 9.97 Å². The number of nitrogens with zero attached hydrogens (tertiary/aromatic N) is 4. The van der Waals surface area contributed by atoms with Crippen LogP contribution in [0.5, 0.6) is 0 Å². The van der Waals surface area contributed by atoms with Crippen LogP contribution in [0.1, 0.15) is 0 Å². The van der Waals surface area contributed by atoms with Crippen LogP contribution in [0.3, 0.4) is 0 Å². The van der Waals surface area contributed by atoms with Crippen molar-refractivity contribution in [3.63, 3.8) is 0 Å². The first-order chi connectivity index (χ1) is 28.8. The van der Waals surface area contributed by atoms with Gasteiger partial charge in [0.1, 0.15) is 0 Å². The summed E-state index contributed by atoms with van der Waals surface area (Å²) < 4.78 is 4.81. The highest BCUT2D eigenvalue weighted by Crippen LogP contribution is 2.47. The highest BCUT2D eigenvalue weighted by atomic mass is 15.2. The monoisotopic (exact) mass is 736 g/mol. The summed E-state index contributed by atoms with van der Waals surface area (Å²) in [5.74, 6) is 0.655. The van der Waals surface area contributed by atoms with Crippen LogP contribution in [0.15, 0.2) is 194 Å². The van der Waals surface area contributed by atoms with Gasteiger partial charge in [-0.2, -0.15) is 0 Å². The van der Waals surface area contributed by atoms with Crippen molar-refractivity contribution in [2.24, 2.45) is 0 Å². The normalized spacial score (nSPS) is 12.1. The molecule has 0 amide bonds. The van der Waals surface area contributed by atoms with Gasteiger partial charge in [0.25, 0.3) is 0 Å². The van der Waals surface area contributed by atoms with Gasteiger partial charge in [0.05, 0.1) is 38.8 Å². The fourth-order valence-electron chi connectivity index (χ4n) is 9.62. The molecule has 58 heavy (non-hydrogen) atoms. The van der Waals surface area contributed by atoms with E-state index in [4.69, 9.17) is 9.97 Å². The lowest BCUT2D eigenvalue weighted by atomic mass is 9.99. The first-order valence-corrected chi connectivity index (χ1v) is 19.8. The maximum absolute atomic E-state index is 5.54. The van der Waals surface area contributed by atoms with Crippen LogP contribution in [-0.2, 0) is 0 Å². The van der Waals surface area contributed by atoms with E-state index in [1.807, 2.05) is 0 Å². The van der Waals surface area contributed by atoms with Gasteiger partial charge < -0.3 is 4.40 Å². The van der Waals surface area contributed by atoms with E-state index in [0.717, 1.165) is 33.2 Å². The summed E-state index contributed by atoms with van der Waals surface area (Å²) in [4.78, 5) is 10.9. The smallest absolute Gasteiger partial charge is 0.235 e. The Bertz CT molecular complexity index is 3780. The van der Waals surface area contributed by atoms with Crippen molar-refractivity contribution in [2.45, 2.75) is 0 Å². The first-order valence-electron chi connectivity index (χ1n) is 19.8. The van der Waals surface area contributed by atoms with E-state index in [1.165, 1.54) is 81.9 Å². The molecule has 0 atom stereocenters. The van der Waals surface area contributed by atoms with Crippen LogP contribution >= 0.6 is 0 Å². The molecule has 0 saturated heterocycles. The van der Waals surface area contributed by atoms with Crippen molar-refractivity contribution in [2.75, 3.05) is 0 Å². The third-order valence-electron chi connectivity index (χ3n) is 12.2. The number of hydrogen-bond donors (Lipinski definition) is 0. The number of benzene rings is 9. The fourth-order valence-corrected chi connectivity index (χ4v) is 9.62. The molecule has 0 aliphatic rings. The lowest BCUT2D eigenvalue weighted by Gasteiger charge is -2.12. The summed E-state index contributed by atoms with van der Waals surface area (Å²) in [6, 6.07) is 70.0. The minimum atomic E-state index is 0.655. The van der Waals surface area contributed by atoms with Gasteiger partial charge in [-0.05, 0) is 75.5 Å². The van der Waals surface area contributed by atoms with Gasteiger partial charge in [0.2, 0.25) is 5.95 Å². The predicted octanol–water partition coefficient (Wildman–Crippen LogP) is 14.0. The summed E-state index contributed by atoms with van der Waals surface area (Å²) in [5, 5.41) is 10.7. The lowest BCUT2D eigenvalue weighted by molar-refractivity contribution is 1.01. The molecule has 0 spiro atoms. The van der Waals surface area contributed by atoms with E-state index in [-0.39, 0.29) is 0 Å². The zero-order chi connectivity index (χ0) is 37.9. The Morgan fingerprint density at radius 1 is 0.328 bits per heavy atom. The minimum absolute atomic E-state index is 0.655. The fraction of sp³-hybridized carbons (Fsp3) is 0. The molecule has 0 unspecified atom stereocenters. The van der Waals surface area contributed by atoms with Crippen molar-refractivity contribution in [1.82, 2.24) is 18.9 Å². The Labute approximate surface area is 332 Å². The van der Waals surface area contributed by atoms with Crippen LogP contribution < -0.4 is 0 Å². The molecule has 9 aromatic carbocycles. The Kier molecular flexibility index (Phi) is 6.41. The Hall–Kier alpha value is -7.82. The van der Waals surface area contributed by atoms with Gasteiger partial charge in [-0.15, -0.1) is 0 Å². The summed E-state index contributed by atoms with van der Waals surface area (Å²) in [6.45, 7) is 0. The second kappa shape index (κ2) is 11.8. The largest absolute Gasteiger partial charge is 0.308 e. The Balaban J connectivity index is 1.19. The molecule has 0 fully saturated rings. The zero-order valence-corrected chi connectivity index (χ0v) is 31.3. The van der Waals surface area contributed by atoms with Crippen LogP contribution in [-0.4, -0.2) is 18.9 Å². The zero-order valence-electron chi connectivity index (χ0n) is 31.3. The van der Waals surface area contributed by atoms with E-state index in [0.29, 0.717) is 5.95 Å². The molecule has 4 nitrogen and oxygen atoms in total. The molecule has 0 aliphatic carbocycles. The van der Waals surface area contributed by atoms with Crippen LogP contribution in [0.2, 0.25) is 0 Å². The third kappa shape index (κ3) is 4.40. The molecule has 0 bridgehead atoms. The van der Waals surface area contributed by atoms with Crippen molar-refractivity contribution in [3.05, 3.63) is 194 Å². The van der Waals surface area contributed by atoms with Crippen molar-refractivity contribution < 1.29 is 0 Å². The standard InChI is InChI=1S/C54H32N4/c1-3-13-33(14-4-1)37-26-28-47-44(30-37)50-49(58(47)54-55-45-21-11-9-19-41(45)52(56-54)39-24-23-35-17-7-8-18-36(35)29-39)32-43-40-27-25-38(34-15-5-2-6-16-34)31-48(40)57-46-22-12-10-20-42(46)51(50)53(43)57/h1-32H. The molecule has 0 N–H and O–H groups in total. The first kappa shape index (κ1) is 31.4. The molecule has 0 saturated carbocycles. The molecule has 4 heterocycles. The second-order valence-corrected chi connectivity index (χ2v) is 15.4. The molecule has 13 aromatic rings. The average molecular weight is 737 g/mol. The van der Waals surface area contributed by atoms with Gasteiger partial charge in [-0.1, -0.05) is 152 Å². The summed E-state index contributed by atoms with van der Waals surface area (Å²) >= 11 is 0. The van der Waals surface area contributed by atoms with Crippen molar-refractivity contribution in [3.8, 4) is 39.5 Å². The Morgan fingerprint density at radius 2 is 1.00 bits per heavy atom. The van der Waals surface area contributed by atoms with E-state index in [2.05, 4.69) is 203 Å². The van der Waals surface area contributed by atoms with E-state index >= 15 is 0 Å². The van der Waals surface area contributed by atoms with Gasteiger partial charge >= 0.3 is 0 Å². The summed E-state index contributed by atoms with van der Waals surface area (Å²) in [6.07, 6.45) is 0. The molecular weight excluding hydrogens is 705 g/mol. The van der Waals surface area contributed by atoms with Crippen LogP contribution in [0.4, 0.5) is 0 Å². The molecular formula is C54H32N4. The van der Waals surface area contributed by atoms with Gasteiger partial charge in [0.15, 0.2) is 0 Å². The van der Waals surface area contributed by atoms with Crippen molar-refractivity contribution >= 4 is 81.6 Å². The van der Waals surface area contributed by atoms with Gasteiger partial charge in [0, 0.05) is 43.3 Å². The maximum atomic E-state index is 5.54. The molecule has 4 heteroatoms. The number of aromatic nitrogens is 4. The summed E-state index contributed by atoms with van der Waals surface area (Å²) in [7, 11) is 0. The van der Waals surface area contributed by atoms with Gasteiger partial charge in [-0.3, -0.25) is 4.57 Å². The Morgan fingerprint density at radius 3 is 1.83 bits per heavy atom. The lowest BCUT2D eigenvalue weighted by Crippen LogP contribution is -2.03. The van der Waals surface area contributed by atoms with E-state index in [9.17, 15) is 0 Å². The molecule has 13 rings (SSSR count). The van der Waals surface area contributed by atoms with Crippen LogP contribution in [0.25, 0.3) is 121 Å². The SMILES string of the molecule is c1ccc(-c2ccc3c(c2)c2c4c5ccccc5n5c6cc(-c7ccccc7)ccc6c(cc2n3-c2nc(-c3ccc6ccccc6c3)c3ccccc3n2)c45)cc1. The molecule has 268 valence electrons. The predicted molar refractivity (Wildman–Crippen MR) is 242 cm³/mol. The highest BCUT2D eigenvalue weighted by Gasteiger charge is 2.26. The minimum Gasteiger partial charge on any atom is -0.308 e. The van der Waals surface area contributed by atoms with Crippen LogP contribution in [0, 0.1) is 0 Å². The van der Waals surface area contributed by atoms with Crippen molar-refractivity contribution in [1.29, 1.82) is 0 Å². The maximum Gasteiger partial charge on any atom is 0.235 e. The number of hydrogen-bond acceptors (Lipinski definition) is 2. The second-order valence-electron chi connectivity index (χ2n) is 15.4. The number of fused-ring (bicyclic) bond motifs is 12. The summed E-state index contributed by atoms with van der Waals surface area (Å²) in [5.41, 5.74) is 13.5. The third-order valence-corrected chi connectivity index (χ3v) is 12.2. The quantitative estimate of drug-likeness (QED) is 0.180. The average Bonchev–Trinajstić information content (AvgIpc) is 3.93. The number of para-hydroxylation sites is 2. The van der Waals surface area contributed by atoms with E-state index < -0.39 is 0 Å². The van der Waals surface area contributed by atoms with E-state index in [1.54, 1.807) is 0 Å². The number of rotatable bonds is 4. The molecule has 4 aromatic heterocycles. The highest BCUT2D eigenvalue weighted by molar-refractivity contribution is 6.36. The molecule has 0 aliphatic heterocycles. The topological polar surface area (TPSA) is 35.1 Å².